The van der Waals surface area contributed by atoms with Crippen molar-refractivity contribution in [3.8, 4) is 0 Å². The molecule has 0 aliphatic heterocycles. The van der Waals surface area contributed by atoms with Crippen molar-refractivity contribution >= 4 is 36.3 Å². The number of alkyl carbamates (subject to hydrolysis) is 3. The van der Waals surface area contributed by atoms with E-state index in [1.54, 1.807) is 89.2 Å². The number of carbonyl (C=O) groups is 4. The van der Waals surface area contributed by atoms with Crippen molar-refractivity contribution in [3.63, 3.8) is 0 Å². The van der Waals surface area contributed by atoms with Crippen molar-refractivity contribution in [1.82, 2.24) is 25.7 Å². The Kier molecular flexibility index (Phi) is 20.4. The summed E-state index contributed by atoms with van der Waals surface area (Å²) >= 11 is 0. The maximum Gasteiger partial charge on any atom is 0.437 e. The van der Waals surface area contributed by atoms with Crippen molar-refractivity contribution in [2.75, 3.05) is 0 Å². The highest BCUT2D eigenvalue weighted by Gasteiger charge is 2.23. The van der Waals surface area contributed by atoms with Gasteiger partial charge in [-0.2, -0.15) is 5.10 Å². The van der Waals surface area contributed by atoms with Gasteiger partial charge in [0.1, 0.15) is 22.4 Å². The number of amides is 4. The molecule has 0 aliphatic carbocycles. The second kappa shape index (κ2) is 23.5. The van der Waals surface area contributed by atoms with Crippen LogP contribution in [-0.2, 0) is 45.1 Å². The molecule has 0 bridgehead atoms. The highest BCUT2D eigenvalue weighted by molar-refractivity contribution is 6.01. The van der Waals surface area contributed by atoms with Gasteiger partial charge in [-0.25, -0.2) is 28.9 Å². The molecule has 9 N–H and O–H groups in total. The Labute approximate surface area is 347 Å². The van der Waals surface area contributed by atoms with Crippen molar-refractivity contribution in [2.24, 2.45) is 27.2 Å². The van der Waals surface area contributed by atoms with E-state index in [-0.39, 0.29) is 18.5 Å². The summed E-state index contributed by atoms with van der Waals surface area (Å²) in [6.07, 6.45) is -0.0203. The summed E-state index contributed by atoms with van der Waals surface area (Å²) in [4.78, 5) is 55.6. The minimum absolute atomic E-state index is 0.0543. The van der Waals surface area contributed by atoms with E-state index in [1.807, 2.05) is 48.5 Å². The monoisotopic (exact) mass is 824 g/mol. The van der Waals surface area contributed by atoms with Crippen molar-refractivity contribution in [1.29, 1.82) is 0 Å². The van der Waals surface area contributed by atoms with Crippen LogP contribution in [0.25, 0.3) is 0 Å². The molecule has 0 spiro atoms. The van der Waals surface area contributed by atoms with Crippen LogP contribution in [0.15, 0.2) is 77.0 Å². The van der Waals surface area contributed by atoms with Crippen molar-refractivity contribution in [3.05, 3.63) is 89.2 Å². The predicted octanol–water partition coefficient (Wildman–Crippen LogP) is 6.20. The van der Waals surface area contributed by atoms with Crippen molar-refractivity contribution < 1.29 is 38.1 Å². The van der Waals surface area contributed by atoms with E-state index in [0.717, 1.165) is 22.3 Å². The zero-order chi connectivity index (χ0) is 45.0. The third kappa shape index (κ3) is 25.2. The molecular weight excluding hydrogens is 761 g/mol. The summed E-state index contributed by atoms with van der Waals surface area (Å²) in [5.41, 5.74) is 17.9. The predicted molar refractivity (Wildman–Crippen MR) is 227 cm³/mol. The molecule has 0 fully saturated rings. The first-order valence-electron chi connectivity index (χ1n) is 18.8. The molecule has 0 saturated carbocycles. The Morgan fingerprint density at radius 2 is 0.932 bits per heavy atom. The maximum absolute atomic E-state index is 12.0. The molecule has 0 unspecified atom stereocenters. The molecule has 0 atom stereocenters. The average Bonchev–Trinajstić information content (AvgIpc) is 3.63. The van der Waals surface area contributed by atoms with Gasteiger partial charge in [-0.05, 0) is 111 Å². The van der Waals surface area contributed by atoms with Crippen LogP contribution in [0.3, 0.4) is 0 Å². The van der Waals surface area contributed by atoms with Crippen LogP contribution in [0, 0.1) is 0 Å². The quantitative estimate of drug-likeness (QED) is 0.0954. The van der Waals surface area contributed by atoms with E-state index in [0.29, 0.717) is 19.6 Å². The van der Waals surface area contributed by atoms with E-state index in [1.165, 1.54) is 17.1 Å². The summed E-state index contributed by atoms with van der Waals surface area (Å²) in [6.45, 7) is 22.7. The SMILES string of the molecule is CC(C)(C)OC(=O)N=C(NC(=O)OC(C)(C)C)n1cccn1.CC(C)(C)OC(=O)NC(=NCc1ccc(CN)cc1)NC(=O)OC(C)(C)C.NCc1ccc(CN)cc1. The maximum atomic E-state index is 12.0. The summed E-state index contributed by atoms with van der Waals surface area (Å²) in [5, 5.41) is 11.2. The second-order valence-electron chi connectivity index (χ2n) is 16.7. The number of hydrogen-bond donors (Lipinski definition) is 6. The first kappa shape index (κ1) is 51.2. The number of carbonyl (C=O) groups excluding carboxylic acids is 4. The van der Waals surface area contributed by atoms with E-state index in [9.17, 15) is 19.2 Å². The van der Waals surface area contributed by atoms with E-state index in [4.69, 9.17) is 36.1 Å². The Morgan fingerprint density at radius 3 is 1.25 bits per heavy atom. The van der Waals surface area contributed by atoms with Gasteiger partial charge in [0.2, 0.25) is 11.9 Å². The van der Waals surface area contributed by atoms with Crippen LogP contribution in [0.5, 0.6) is 0 Å². The van der Waals surface area contributed by atoms with Crippen LogP contribution in [-0.4, -0.2) is 68.5 Å². The standard InChI is InChI=1S/C19H30N4O4.C14H22N4O4.C8H12N2/c1-18(2,3)26-16(24)22-15(23-17(25)27-19(4,5)6)21-12-14-9-7-13(11-20)8-10-14;1-13(2,3)21-11(19)16-10(18-9-7-8-15-18)17-12(20)22-14(4,5)6;9-5-7-1-2-8(6-10)4-3-7/h7-10H,11-12,20H2,1-6H3,(H2,21,22,23,24,25);7-9H,1-6H3,(H,16,17,19,20);1-4H,5-6,9-10H2. The minimum Gasteiger partial charge on any atom is -0.444 e. The average molecular weight is 825 g/mol. The molecule has 4 amide bonds. The third-order valence-corrected chi connectivity index (χ3v) is 6.34. The fourth-order valence-electron chi connectivity index (χ4n) is 3.97. The number of nitrogens with two attached hydrogens (primary N) is 3. The Bertz CT molecular complexity index is 1760. The van der Waals surface area contributed by atoms with Gasteiger partial charge < -0.3 is 36.1 Å². The molecule has 326 valence electrons. The molecule has 3 rings (SSSR count). The highest BCUT2D eigenvalue weighted by atomic mass is 16.6. The topological polar surface area (TPSA) is 262 Å². The molecule has 0 radical (unpaired) electrons. The Hall–Kier alpha value is -5.85. The molecule has 18 heteroatoms. The van der Waals surface area contributed by atoms with Gasteiger partial charge in [0.25, 0.3) is 0 Å². The van der Waals surface area contributed by atoms with E-state index >= 15 is 0 Å². The number of aliphatic imine (C=N–C) groups is 2. The zero-order valence-corrected chi connectivity index (χ0v) is 36.5. The number of nitrogens with one attached hydrogen (secondary N) is 3. The van der Waals surface area contributed by atoms with Gasteiger partial charge in [0, 0.05) is 32.0 Å². The number of rotatable bonds is 5. The van der Waals surface area contributed by atoms with Gasteiger partial charge >= 0.3 is 24.4 Å². The van der Waals surface area contributed by atoms with Gasteiger partial charge in [-0.3, -0.25) is 16.0 Å². The lowest BCUT2D eigenvalue weighted by Gasteiger charge is -2.22. The molecule has 18 nitrogen and oxygen atoms in total. The summed E-state index contributed by atoms with van der Waals surface area (Å²) in [6, 6.07) is 17.2. The Morgan fingerprint density at radius 1 is 0.576 bits per heavy atom. The first-order valence-corrected chi connectivity index (χ1v) is 18.8. The van der Waals surface area contributed by atoms with Gasteiger partial charge in [-0.15, -0.1) is 4.99 Å². The van der Waals surface area contributed by atoms with Crippen LogP contribution >= 0.6 is 0 Å². The van der Waals surface area contributed by atoms with Gasteiger partial charge in [0.05, 0.1) is 6.54 Å². The lowest BCUT2D eigenvalue weighted by atomic mass is 10.1. The van der Waals surface area contributed by atoms with Crippen LogP contribution in [0.4, 0.5) is 19.2 Å². The number of benzene rings is 2. The van der Waals surface area contributed by atoms with Crippen LogP contribution in [0.1, 0.15) is 105 Å². The highest BCUT2D eigenvalue weighted by Crippen LogP contribution is 2.11. The van der Waals surface area contributed by atoms with E-state index in [2.05, 4.69) is 31.0 Å². The van der Waals surface area contributed by atoms with Crippen molar-refractivity contribution in [2.45, 2.75) is 132 Å². The fraction of sp³-hybridized carbons (Fsp3) is 0.488. The molecule has 59 heavy (non-hydrogen) atoms. The molecular formula is C41H64N10O8. The smallest absolute Gasteiger partial charge is 0.437 e. The largest absolute Gasteiger partial charge is 0.444 e. The molecule has 0 aliphatic rings. The minimum atomic E-state index is -0.839. The number of aromatic nitrogens is 2. The normalized spacial score (nSPS) is 11.6. The number of nitrogens with zero attached hydrogens (tertiary/aromatic N) is 4. The zero-order valence-electron chi connectivity index (χ0n) is 36.5. The van der Waals surface area contributed by atoms with E-state index < -0.39 is 46.8 Å². The van der Waals surface area contributed by atoms with Gasteiger partial charge in [-0.1, -0.05) is 48.5 Å². The summed E-state index contributed by atoms with van der Waals surface area (Å²) in [5.74, 6) is -0.157. The number of hydrogen-bond acceptors (Lipinski definition) is 13. The Balaban J connectivity index is 0.000000485. The molecule has 1 heterocycles. The third-order valence-electron chi connectivity index (χ3n) is 6.34. The molecule has 1 aromatic heterocycles. The molecule has 3 aromatic rings. The van der Waals surface area contributed by atoms with Gasteiger partial charge in [0.15, 0.2) is 0 Å². The molecule has 2 aromatic carbocycles. The lowest BCUT2D eigenvalue weighted by molar-refractivity contribution is 0.0530. The summed E-state index contributed by atoms with van der Waals surface area (Å²) < 4.78 is 21.8. The lowest BCUT2D eigenvalue weighted by Crippen LogP contribution is -2.47. The first-order chi connectivity index (χ1) is 27.2. The summed E-state index contributed by atoms with van der Waals surface area (Å²) in [7, 11) is 0. The van der Waals surface area contributed by atoms with Crippen LogP contribution < -0.4 is 33.2 Å². The molecule has 0 saturated heterocycles. The number of guanidine groups is 1. The van der Waals surface area contributed by atoms with Crippen LogP contribution in [0.2, 0.25) is 0 Å². The number of ether oxygens (including phenoxy) is 4. The second-order valence-corrected chi connectivity index (χ2v) is 16.7. The fourth-order valence-corrected chi connectivity index (χ4v) is 3.97.